The van der Waals surface area contributed by atoms with Crippen LogP contribution in [-0.2, 0) is 25.2 Å². The molecule has 1 fully saturated rings. The Balaban J connectivity index is 2.91. The largest absolute Gasteiger partial charge is 0.480 e. The third kappa shape index (κ3) is 3.97. The number of imide groups is 2. The number of hydrogen-bond donors (Lipinski definition) is 1. The number of rotatable bonds is 6. The third-order valence-corrected chi connectivity index (χ3v) is 3.96. The van der Waals surface area contributed by atoms with Gasteiger partial charge in [0.05, 0.1) is 0 Å². The van der Waals surface area contributed by atoms with Gasteiger partial charge in [0.1, 0.15) is 6.04 Å². The molecule has 122 valence electrons. The number of carbonyl (C=O) groups is 4. The van der Waals surface area contributed by atoms with Crippen molar-refractivity contribution in [1.82, 2.24) is 9.80 Å². The number of carboxylic acid groups (broad SMARTS) is 1. The van der Waals surface area contributed by atoms with Gasteiger partial charge in [0, 0.05) is 43.1 Å². The lowest BCUT2D eigenvalue weighted by Gasteiger charge is -2.31. The minimum atomic E-state index is -1.33. The first kappa shape index (κ1) is 18.0. The molecule has 1 N–H and O–H groups in total. The van der Waals surface area contributed by atoms with E-state index in [1.54, 1.807) is 0 Å². The van der Waals surface area contributed by atoms with Gasteiger partial charge < -0.3 is 5.11 Å². The molecule has 22 heavy (non-hydrogen) atoms. The molecule has 0 radical (unpaired) electrons. The van der Waals surface area contributed by atoms with E-state index in [1.807, 2.05) is 0 Å². The van der Waals surface area contributed by atoms with E-state index < -0.39 is 46.6 Å². The lowest BCUT2D eigenvalue weighted by molar-refractivity contribution is -0.144. The molecular weight excluding hydrogens is 314 g/mol. The Kier molecular flexibility index (Phi) is 5.92. The first-order valence-electron chi connectivity index (χ1n) is 6.32. The molecule has 0 aliphatic carbocycles. The summed E-state index contributed by atoms with van der Waals surface area (Å²) in [7, 11) is 1.28. The second kappa shape index (κ2) is 7.25. The Hall–Kier alpha value is -2.10. The Morgan fingerprint density at radius 1 is 1.32 bits per heavy atom. The summed E-state index contributed by atoms with van der Waals surface area (Å²) in [6.07, 6.45) is 2.41. The van der Waals surface area contributed by atoms with Gasteiger partial charge in [0.2, 0.25) is 11.8 Å². The number of urea groups is 1. The molecule has 10 heteroatoms. The van der Waals surface area contributed by atoms with Gasteiger partial charge in [-0.25, -0.2) is 9.59 Å². The highest BCUT2D eigenvalue weighted by Crippen LogP contribution is 2.14. The molecule has 9 nitrogen and oxygen atoms in total. The van der Waals surface area contributed by atoms with E-state index in [4.69, 9.17) is 5.11 Å². The molecule has 2 atom stereocenters. The minimum Gasteiger partial charge on any atom is -0.480 e. The Labute approximate surface area is 129 Å². The van der Waals surface area contributed by atoms with Crippen LogP contribution in [0.4, 0.5) is 4.79 Å². The van der Waals surface area contributed by atoms with Crippen LogP contribution in [0.15, 0.2) is 4.99 Å². The predicted octanol–water partition coefficient (Wildman–Crippen LogP) is -1.05. The lowest BCUT2D eigenvalue weighted by Crippen LogP contribution is -2.57. The number of aliphatic carboxylic acids is 1. The third-order valence-electron chi connectivity index (χ3n) is 3.15. The molecule has 0 saturated carbocycles. The van der Waals surface area contributed by atoms with Crippen LogP contribution in [0.3, 0.4) is 0 Å². The van der Waals surface area contributed by atoms with E-state index in [2.05, 4.69) is 4.99 Å². The zero-order chi connectivity index (χ0) is 17.0. The summed E-state index contributed by atoms with van der Waals surface area (Å²) >= 11 is 0. The van der Waals surface area contributed by atoms with E-state index in [0.29, 0.717) is 0 Å². The number of hydrogen-bond acceptors (Lipinski definition) is 6. The van der Waals surface area contributed by atoms with Crippen LogP contribution >= 0.6 is 0 Å². The standard InChI is InChI=1S/C12H17N3O6S/c1-14-9(16)7(10(17)15(2)12(14)20)6-13-8(11(18)19)4-5-22(3)21/h6-8H,4-5H2,1-3H3,(H,18,19)/t8-,22-/m0/s1. The van der Waals surface area contributed by atoms with Crippen LogP contribution in [0.1, 0.15) is 6.42 Å². The molecule has 0 aromatic heterocycles. The number of nitrogens with zero attached hydrogens (tertiary/aromatic N) is 3. The summed E-state index contributed by atoms with van der Waals surface area (Å²) in [4.78, 5) is 51.7. The first-order chi connectivity index (χ1) is 10.2. The minimum absolute atomic E-state index is 0.0225. The van der Waals surface area contributed by atoms with Crippen molar-refractivity contribution in [2.45, 2.75) is 12.5 Å². The second-order valence-corrected chi connectivity index (χ2v) is 6.33. The predicted molar refractivity (Wildman–Crippen MR) is 77.9 cm³/mol. The summed E-state index contributed by atoms with van der Waals surface area (Å²) in [5.41, 5.74) is 0. The molecule has 4 amide bonds. The summed E-state index contributed by atoms with van der Waals surface area (Å²) < 4.78 is 11.0. The molecule has 1 rings (SSSR count). The maximum Gasteiger partial charge on any atom is 0.332 e. The van der Waals surface area contributed by atoms with Gasteiger partial charge in [0.25, 0.3) is 0 Å². The van der Waals surface area contributed by atoms with E-state index >= 15 is 0 Å². The van der Waals surface area contributed by atoms with Gasteiger partial charge in [-0.05, 0) is 6.42 Å². The number of amides is 4. The number of barbiturate groups is 1. The van der Waals surface area contributed by atoms with Gasteiger partial charge in [-0.2, -0.15) is 0 Å². The zero-order valence-electron chi connectivity index (χ0n) is 12.4. The Morgan fingerprint density at radius 2 is 1.82 bits per heavy atom. The average molecular weight is 331 g/mol. The Bertz CT molecular complexity index is 537. The van der Waals surface area contributed by atoms with E-state index in [9.17, 15) is 23.4 Å². The average Bonchev–Trinajstić information content (AvgIpc) is 2.45. The monoisotopic (exact) mass is 331 g/mol. The second-order valence-electron chi connectivity index (χ2n) is 4.77. The summed E-state index contributed by atoms with van der Waals surface area (Å²) in [5, 5.41) is 9.04. The van der Waals surface area contributed by atoms with E-state index in [0.717, 1.165) is 16.0 Å². The maximum absolute atomic E-state index is 11.9. The van der Waals surface area contributed by atoms with Crippen molar-refractivity contribution in [3.8, 4) is 0 Å². The van der Waals surface area contributed by atoms with E-state index in [-0.39, 0.29) is 12.2 Å². The highest BCUT2D eigenvalue weighted by atomic mass is 32.2. The van der Waals surface area contributed by atoms with Gasteiger partial charge >= 0.3 is 12.0 Å². The van der Waals surface area contributed by atoms with Crippen LogP contribution < -0.4 is 0 Å². The summed E-state index contributed by atoms with van der Waals surface area (Å²) in [6.45, 7) is 0. The lowest BCUT2D eigenvalue weighted by atomic mass is 10.1. The topological polar surface area (TPSA) is 124 Å². The summed E-state index contributed by atoms with van der Waals surface area (Å²) in [6, 6.07) is -1.95. The van der Waals surface area contributed by atoms with Crippen molar-refractivity contribution in [2.24, 2.45) is 10.9 Å². The number of aliphatic imine (C=N–C) groups is 1. The molecule has 1 aliphatic rings. The smallest absolute Gasteiger partial charge is 0.332 e. The van der Waals surface area contributed by atoms with Gasteiger partial charge in [0.15, 0.2) is 5.92 Å². The molecule has 1 heterocycles. The number of carbonyl (C=O) groups excluding carboxylic acids is 3. The van der Waals surface area contributed by atoms with Crippen molar-refractivity contribution in [1.29, 1.82) is 0 Å². The van der Waals surface area contributed by atoms with Crippen molar-refractivity contribution in [2.75, 3.05) is 26.1 Å². The fraction of sp³-hybridized carbons (Fsp3) is 0.583. The van der Waals surface area contributed by atoms with Gasteiger partial charge in [-0.3, -0.25) is 28.6 Å². The van der Waals surface area contributed by atoms with E-state index in [1.165, 1.54) is 20.4 Å². The molecule has 0 spiro atoms. The van der Waals surface area contributed by atoms with Gasteiger partial charge in [-0.15, -0.1) is 0 Å². The molecular formula is C12H17N3O6S. The fourth-order valence-electron chi connectivity index (χ4n) is 1.79. The normalized spacial score (nSPS) is 19.9. The quantitative estimate of drug-likeness (QED) is 0.489. The van der Waals surface area contributed by atoms with Crippen LogP contribution in [0, 0.1) is 5.92 Å². The molecule has 0 aromatic rings. The zero-order valence-corrected chi connectivity index (χ0v) is 13.2. The SMILES string of the molecule is CN1C(=O)C(C=N[C@@H](CC[S@](C)=O)C(=O)O)C(=O)N(C)C1=O. The molecule has 1 saturated heterocycles. The van der Waals surface area contributed by atoms with Crippen molar-refractivity contribution < 1.29 is 28.5 Å². The fourth-order valence-corrected chi connectivity index (χ4v) is 2.35. The summed E-state index contributed by atoms with van der Waals surface area (Å²) in [5.74, 6) is -3.96. The highest BCUT2D eigenvalue weighted by Gasteiger charge is 2.41. The van der Waals surface area contributed by atoms with Crippen LogP contribution in [0.5, 0.6) is 0 Å². The first-order valence-corrected chi connectivity index (χ1v) is 8.04. The molecule has 0 bridgehead atoms. The number of carboxylic acids is 1. The van der Waals surface area contributed by atoms with Crippen molar-refractivity contribution in [3.63, 3.8) is 0 Å². The van der Waals surface area contributed by atoms with Crippen LogP contribution in [0.2, 0.25) is 0 Å². The van der Waals surface area contributed by atoms with Gasteiger partial charge in [-0.1, -0.05) is 0 Å². The molecule has 0 aromatic carbocycles. The van der Waals surface area contributed by atoms with Crippen molar-refractivity contribution >= 4 is 40.8 Å². The molecule has 1 aliphatic heterocycles. The van der Waals surface area contributed by atoms with Crippen molar-refractivity contribution in [3.05, 3.63) is 0 Å². The highest BCUT2D eigenvalue weighted by molar-refractivity contribution is 7.84. The Morgan fingerprint density at radius 3 is 2.23 bits per heavy atom. The van der Waals surface area contributed by atoms with Crippen LogP contribution in [0.25, 0.3) is 0 Å². The molecule has 0 unspecified atom stereocenters. The maximum atomic E-state index is 11.9. The van der Waals surface area contributed by atoms with Crippen LogP contribution in [-0.4, -0.2) is 81.3 Å².